The van der Waals surface area contributed by atoms with Crippen molar-refractivity contribution in [1.82, 2.24) is 10.6 Å². The molecule has 0 spiro atoms. The molecule has 0 saturated carbocycles. The fraction of sp³-hybridized carbons (Fsp3) is 0.450. The molecule has 0 fully saturated rings. The molecule has 2 amide bonds. The highest BCUT2D eigenvalue weighted by Gasteiger charge is 2.23. The molecule has 7 heteroatoms. The number of carbonyl (C=O) groups excluding carboxylic acids is 2. The number of hydrogen-bond donors (Lipinski definition) is 3. The van der Waals surface area contributed by atoms with Crippen molar-refractivity contribution in [2.45, 2.75) is 51.7 Å². The highest BCUT2D eigenvalue weighted by atomic mass is 16.6. The van der Waals surface area contributed by atoms with Crippen molar-refractivity contribution in [3.05, 3.63) is 48.1 Å². The highest BCUT2D eigenvalue weighted by Crippen LogP contribution is 2.08. The molecule has 148 valence electrons. The number of allylic oxidation sites excluding steroid dienone is 6. The Bertz CT molecular complexity index is 654. The molecule has 0 heterocycles. The van der Waals surface area contributed by atoms with Gasteiger partial charge in [0.25, 0.3) is 5.91 Å². The van der Waals surface area contributed by atoms with Gasteiger partial charge in [0.1, 0.15) is 11.6 Å². The molecule has 3 N–H and O–H groups in total. The van der Waals surface area contributed by atoms with Crippen molar-refractivity contribution in [1.29, 1.82) is 0 Å². The molecule has 0 unspecified atom stereocenters. The van der Waals surface area contributed by atoms with Crippen LogP contribution in [-0.4, -0.2) is 41.3 Å². The molecule has 0 bridgehead atoms. The summed E-state index contributed by atoms with van der Waals surface area (Å²) in [7, 11) is 0. The second-order valence-electron chi connectivity index (χ2n) is 7.04. The van der Waals surface area contributed by atoms with E-state index in [0.717, 1.165) is 0 Å². The number of amides is 2. The van der Waals surface area contributed by atoms with Crippen LogP contribution in [-0.2, 0) is 14.3 Å². The molecule has 1 rings (SSSR count). The van der Waals surface area contributed by atoms with Gasteiger partial charge in [-0.3, -0.25) is 4.79 Å². The summed E-state index contributed by atoms with van der Waals surface area (Å²) in [6, 6.07) is -1.02. The van der Waals surface area contributed by atoms with Crippen molar-refractivity contribution in [2.24, 2.45) is 0 Å². The van der Waals surface area contributed by atoms with Gasteiger partial charge in [-0.15, -0.1) is 0 Å². The normalized spacial score (nSPS) is 20.0. The van der Waals surface area contributed by atoms with E-state index in [1.165, 1.54) is 0 Å². The number of rotatable bonds is 8. The molecule has 1 aliphatic rings. The van der Waals surface area contributed by atoms with Crippen LogP contribution in [0.15, 0.2) is 48.1 Å². The van der Waals surface area contributed by atoms with Gasteiger partial charge in [0, 0.05) is 12.1 Å². The van der Waals surface area contributed by atoms with Crippen molar-refractivity contribution < 1.29 is 24.2 Å². The average molecular weight is 376 g/mol. The van der Waals surface area contributed by atoms with Crippen LogP contribution in [0.3, 0.4) is 0 Å². The summed E-state index contributed by atoms with van der Waals surface area (Å²) in [6.07, 6.45) is 13.2. The first-order valence-electron chi connectivity index (χ1n) is 8.91. The molecule has 0 aromatic heterocycles. The predicted molar refractivity (Wildman–Crippen MR) is 103 cm³/mol. The molecule has 1 aliphatic carbocycles. The summed E-state index contributed by atoms with van der Waals surface area (Å²) in [5.74, 6) is -1.30. The lowest BCUT2D eigenvalue weighted by molar-refractivity contribution is -0.139. The maximum Gasteiger partial charge on any atom is 0.408 e. The third kappa shape index (κ3) is 10.0. The molecule has 27 heavy (non-hydrogen) atoms. The van der Waals surface area contributed by atoms with Crippen molar-refractivity contribution in [3.63, 3.8) is 0 Å². The molecular formula is C20H28N2O5. The highest BCUT2D eigenvalue weighted by molar-refractivity contribution is 5.96. The Balaban J connectivity index is 2.34. The van der Waals surface area contributed by atoms with Crippen LogP contribution >= 0.6 is 0 Å². The molecule has 7 nitrogen and oxygen atoms in total. The fourth-order valence-electron chi connectivity index (χ4n) is 2.20. The molecule has 0 saturated heterocycles. The number of unbranched alkanes of at least 4 members (excludes halogenated alkanes) is 1. The molecular weight excluding hydrogens is 348 g/mol. The van der Waals surface area contributed by atoms with Crippen molar-refractivity contribution >= 4 is 18.0 Å². The summed E-state index contributed by atoms with van der Waals surface area (Å²) >= 11 is 0. The van der Waals surface area contributed by atoms with E-state index in [1.54, 1.807) is 45.1 Å². The quantitative estimate of drug-likeness (QED) is 0.565. The third-order valence-corrected chi connectivity index (χ3v) is 3.45. The zero-order valence-electron chi connectivity index (χ0n) is 16.0. The summed E-state index contributed by atoms with van der Waals surface area (Å²) < 4.78 is 5.07. The van der Waals surface area contributed by atoms with Gasteiger partial charge in [-0.1, -0.05) is 30.4 Å². The van der Waals surface area contributed by atoms with Gasteiger partial charge in [-0.25, -0.2) is 9.59 Å². The molecule has 0 aliphatic heterocycles. The minimum atomic E-state index is -1.12. The SMILES string of the molecule is CC(C)(C)OC(=O)N[C@H](CCCCNC(=O)C1=C/C=C\C=C/C=C\1)C(=O)O. The van der Waals surface area contributed by atoms with Gasteiger partial charge in [0.2, 0.25) is 0 Å². The van der Waals surface area contributed by atoms with E-state index < -0.39 is 23.7 Å². The Morgan fingerprint density at radius 3 is 2.41 bits per heavy atom. The van der Waals surface area contributed by atoms with Crippen LogP contribution in [0.4, 0.5) is 4.79 Å². The van der Waals surface area contributed by atoms with Crippen LogP contribution in [0.2, 0.25) is 0 Å². The lowest BCUT2D eigenvalue weighted by Crippen LogP contribution is -2.43. The third-order valence-electron chi connectivity index (χ3n) is 3.45. The number of ether oxygens (including phenoxy) is 1. The van der Waals surface area contributed by atoms with E-state index in [2.05, 4.69) is 10.6 Å². The standard InChI is InChI=1S/C20H28N2O5/c1-20(2,3)27-19(26)22-16(18(24)25)13-9-10-14-21-17(23)15-11-7-5-4-6-8-12-15/h4-8,11-12,16H,9-10,13-14H2,1-3H3,(H,21,23)(H,22,26)(H,24,25)/b5-4-,6-4?,7-5?,8-6-,11-7-,12-8?,15-11?,15-12+/t16-/m1/s1. The zero-order chi connectivity index (χ0) is 20.3. The Hall–Kier alpha value is -2.83. The smallest absolute Gasteiger partial charge is 0.408 e. The van der Waals surface area contributed by atoms with Crippen molar-refractivity contribution in [2.75, 3.05) is 6.54 Å². The first-order chi connectivity index (χ1) is 12.7. The van der Waals surface area contributed by atoms with Gasteiger partial charge >= 0.3 is 12.1 Å². The Morgan fingerprint density at radius 1 is 1.07 bits per heavy atom. The van der Waals surface area contributed by atoms with Gasteiger partial charge in [0.15, 0.2) is 0 Å². The van der Waals surface area contributed by atoms with E-state index in [4.69, 9.17) is 4.74 Å². The molecule has 0 radical (unpaired) electrons. The van der Waals surface area contributed by atoms with E-state index in [9.17, 15) is 19.5 Å². The first-order valence-corrected chi connectivity index (χ1v) is 8.91. The van der Waals surface area contributed by atoms with E-state index in [0.29, 0.717) is 25.0 Å². The number of alkyl carbamates (subject to hydrolysis) is 1. The van der Waals surface area contributed by atoms with Crippen LogP contribution in [0.5, 0.6) is 0 Å². The van der Waals surface area contributed by atoms with Crippen LogP contribution in [0.1, 0.15) is 40.0 Å². The molecule has 0 aromatic carbocycles. The topological polar surface area (TPSA) is 105 Å². The number of carbonyl (C=O) groups is 3. The summed E-state index contributed by atoms with van der Waals surface area (Å²) in [6.45, 7) is 5.54. The number of carboxylic acids is 1. The number of aliphatic carboxylic acids is 1. The minimum absolute atomic E-state index is 0.187. The summed E-state index contributed by atoms with van der Waals surface area (Å²) in [4.78, 5) is 35.1. The van der Waals surface area contributed by atoms with Crippen LogP contribution in [0, 0.1) is 0 Å². The van der Waals surface area contributed by atoms with E-state index in [1.807, 2.05) is 18.2 Å². The average Bonchev–Trinajstić information content (AvgIpc) is 2.50. The maximum atomic E-state index is 12.1. The molecule has 0 aromatic rings. The second kappa shape index (κ2) is 11.0. The molecule has 1 atom stereocenters. The monoisotopic (exact) mass is 376 g/mol. The number of hydrogen-bond acceptors (Lipinski definition) is 4. The predicted octanol–water partition coefficient (Wildman–Crippen LogP) is 2.86. The lowest BCUT2D eigenvalue weighted by Gasteiger charge is -2.22. The Labute approximate surface area is 159 Å². The fourth-order valence-corrected chi connectivity index (χ4v) is 2.20. The van der Waals surface area contributed by atoms with E-state index >= 15 is 0 Å². The zero-order valence-corrected chi connectivity index (χ0v) is 16.0. The Morgan fingerprint density at radius 2 is 1.74 bits per heavy atom. The van der Waals surface area contributed by atoms with E-state index in [-0.39, 0.29) is 12.3 Å². The first kappa shape index (κ1) is 22.2. The summed E-state index contributed by atoms with van der Waals surface area (Å²) in [5, 5.41) is 14.4. The van der Waals surface area contributed by atoms with Crippen molar-refractivity contribution in [3.8, 4) is 0 Å². The maximum absolute atomic E-state index is 12.1. The second-order valence-corrected chi connectivity index (χ2v) is 7.04. The van der Waals surface area contributed by atoms with Gasteiger partial charge in [-0.2, -0.15) is 0 Å². The largest absolute Gasteiger partial charge is 0.480 e. The minimum Gasteiger partial charge on any atom is -0.480 e. The lowest BCUT2D eigenvalue weighted by atomic mass is 10.1. The number of carboxylic acid groups (broad SMARTS) is 1. The van der Waals surface area contributed by atoms with Gasteiger partial charge in [-0.05, 0) is 52.2 Å². The number of nitrogens with one attached hydrogen (secondary N) is 2. The van der Waals surface area contributed by atoms with Gasteiger partial charge in [0.05, 0.1) is 0 Å². The summed E-state index contributed by atoms with van der Waals surface area (Å²) in [5.41, 5.74) is -0.145. The Kier molecular flexibility index (Phi) is 9.05. The van der Waals surface area contributed by atoms with Gasteiger partial charge < -0.3 is 20.5 Å². The van der Waals surface area contributed by atoms with Crippen LogP contribution < -0.4 is 10.6 Å². The van der Waals surface area contributed by atoms with Crippen LogP contribution in [0.25, 0.3) is 0 Å².